The summed E-state index contributed by atoms with van der Waals surface area (Å²) in [7, 11) is 0. The molecule has 2 aliphatic carbocycles. The summed E-state index contributed by atoms with van der Waals surface area (Å²) in [4.78, 5) is 0. The summed E-state index contributed by atoms with van der Waals surface area (Å²) in [6, 6.07) is 0. The minimum absolute atomic E-state index is 1.11. The van der Waals surface area contributed by atoms with Crippen LogP contribution < -0.4 is 0 Å². The van der Waals surface area contributed by atoms with E-state index in [0.717, 1.165) is 17.8 Å². The van der Waals surface area contributed by atoms with Crippen molar-refractivity contribution in [3.8, 4) is 0 Å². The van der Waals surface area contributed by atoms with Crippen molar-refractivity contribution >= 4 is 0 Å². The average Bonchev–Trinajstić information content (AvgIpc) is 2.92. The number of hydrogen-bond donors (Lipinski definition) is 0. The molecular formula is C24H48N+. The maximum Gasteiger partial charge on any atom is 0.0786 e. The van der Waals surface area contributed by atoms with Crippen molar-refractivity contribution in [3.63, 3.8) is 0 Å². The normalized spacial score (nSPS) is 26.3. The number of fused-ring (bicyclic) bond motifs is 2. The van der Waals surface area contributed by atoms with E-state index in [1.807, 2.05) is 0 Å². The largest absolute Gasteiger partial charge is 0.324 e. The molecule has 1 heteroatoms. The predicted molar refractivity (Wildman–Crippen MR) is 112 cm³/mol. The Bertz CT molecular complexity index is 315. The van der Waals surface area contributed by atoms with E-state index in [9.17, 15) is 0 Å². The third kappa shape index (κ3) is 6.89. The van der Waals surface area contributed by atoms with Crippen LogP contribution in [0.4, 0.5) is 0 Å². The van der Waals surface area contributed by atoms with Crippen LogP contribution in [0, 0.1) is 17.8 Å². The molecule has 2 bridgehead atoms. The second-order valence-corrected chi connectivity index (χ2v) is 9.58. The van der Waals surface area contributed by atoms with Gasteiger partial charge in [-0.1, -0.05) is 59.3 Å². The lowest BCUT2D eigenvalue weighted by Crippen LogP contribution is -2.50. The van der Waals surface area contributed by atoms with Crippen molar-refractivity contribution in [2.75, 3.05) is 26.2 Å². The highest BCUT2D eigenvalue weighted by Gasteiger charge is 2.36. The zero-order valence-electron chi connectivity index (χ0n) is 17.9. The number of quaternary nitrogens is 1. The lowest BCUT2D eigenvalue weighted by atomic mass is 9.85. The fourth-order valence-electron chi connectivity index (χ4n) is 5.95. The maximum atomic E-state index is 2.37. The van der Waals surface area contributed by atoms with Crippen LogP contribution in [0.1, 0.15) is 111 Å². The van der Waals surface area contributed by atoms with Gasteiger partial charge in [0.2, 0.25) is 0 Å². The highest BCUT2D eigenvalue weighted by atomic mass is 15.3. The molecule has 2 rings (SSSR count). The predicted octanol–water partition coefficient (Wildman–Crippen LogP) is 7.20. The van der Waals surface area contributed by atoms with Crippen molar-refractivity contribution in [3.05, 3.63) is 0 Å². The zero-order valence-corrected chi connectivity index (χ0v) is 17.9. The van der Waals surface area contributed by atoms with E-state index < -0.39 is 0 Å². The number of unbranched alkanes of at least 4 members (excludes halogenated alkanes) is 4. The minimum atomic E-state index is 1.11. The highest BCUT2D eigenvalue weighted by Crippen LogP contribution is 2.47. The Hall–Kier alpha value is -0.0400. The molecule has 2 saturated carbocycles. The molecule has 0 heterocycles. The Morgan fingerprint density at radius 1 is 0.680 bits per heavy atom. The van der Waals surface area contributed by atoms with Crippen molar-refractivity contribution in [2.24, 2.45) is 17.8 Å². The first-order valence-corrected chi connectivity index (χ1v) is 12.1. The molecule has 0 aliphatic heterocycles. The molecule has 0 radical (unpaired) electrons. The number of nitrogens with zero attached hydrogens (tertiary/aromatic N) is 1. The molecule has 148 valence electrons. The standard InChI is InChI=1S/C24H48N/c1-4-7-16-25(17-8-5-2,18-9-6-3)19-11-10-14-23-20-22-13-12-15-24(23)21-22/h22-24H,4-21H2,1-3H3/q+1. The third-order valence-electron chi connectivity index (χ3n) is 7.54. The highest BCUT2D eigenvalue weighted by molar-refractivity contribution is 4.87. The Morgan fingerprint density at radius 2 is 1.28 bits per heavy atom. The van der Waals surface area contributed by atoms with E-state index in [4.69, 9.17) is 0 Å². The van der Waals surface area contributed by atoms with Crippen molar-refractivity contribution in [1.29, 1.82) is 0 Å². The molecule has 3 atom stereocenters. The lowest BCUT2D eigenvalue weighted by Gasteiger charge is -2.39. The molecule has 2 fully saturated rings. The summed E-state index contributed by atoms with van der Waals surface area (Å²) in [6.07, 6.45) is 20.8. The quantitative estimate of drug-likeness (QED) is 0.229. The summed E-state index contributed by atoms with van der Waals surface area (Å²) in [5, 5.41) is 0. The van der Waals surface area contributed by atoms with Crippen molar-refractivity contribution < 1.29 is 4.48 Å². The first-order chi connectivity index (χ1) is 12.2. The summed E-state index contributed by atoms with van der Waals surface area (Å²) in [5.41, 5.74) is 0. The van der Waals surface area contributed by atoms with Gasteiger partial charge in [-0.15, -0.1) is 0 Å². The van der Waals surface area contributed by atoms with Crippen LogP contribution in [0.15, 0.2) is 0 Å². The van der Waals surface area contributed by atoms with Gasteiger partial charge in [-0.3, -0.25) is 0 Å². The van der Waals surface area contributed by atoms with Gasteiger partial charge in [-0.05, 0) is 69.1 Å². The van der Waals surface area contributed by atoms with E-state index in [-0.39, 0.29) is 0 Å². The van der Waals surface area contributed by atoms with Crippen molar-refractivity contribution in [1.82, 2.24) is 0 Å². The summed E-state index contributed by atoms with van der Waals surface area (Å²) in [5.74, 6) is 3.35. The van der Waals surface area contributed by atoms with Gasteiger partial charge < -0.3 is 4.48 Å². The van der Waals surface area contributed by atoms with E-state index >= 15 is 0 Å². The van der Waals surface area contributed by atoms with E-state index in [0.29, 0.717) is 0 Å². The van der Waals surface area contributed by atoms with Crippen LogP contribution >= 0.6 is 0 Å². The molecule has 0 aromatic heterocycles. The molecule has 0 spiro atoms. The van der Waals surface area contributed by atoms with Gasteiger partial charge in [-0.2, -0.15) is 0 Å². The van der Waals surface area contributed by atoms with Gasteiger partial charge in [0.1, 0.15) is 0 Å². The topological polar surface area (TPSA) is 0 Å². The molecule has 25 heavy (non-hydrogen) atoms. The molecule has 1 nitrogen and oxygen atoms in total. The molecule has 0 saturated heterocycles. The molecule has 2 aliphatic rings. The van der Waals surface area contributed by atoms with Gasteiger partial charge in [0.15, 0.2) is 0 Å². The monoisotopic (exact) mass is 350 g/mol. The van der Waals surface area contributed by atoms with Crippen LogP contribution in [0.5, 0.6) is 0 Å². The smallest absolute Gasteiger partial charge is 0.0786 e. The fourth-order valence-corrected chi connectivity index (χ4v) is 5.95. The molecule has 0 amide bonds. The van der Waals surface area contributed by atoms with Gasteiger partial charge in [0.25, 0.3) is 0 Å². The summed E-state index contributed by atoms with van der Waals surface area (Å²) < 4.78 is 1.45. The van der Waals surface area contributed by atoms with E-state index in [2.05, 4.69) is 20.8 Å². The maximum absolute atomic E-state index is 2.37. The Kier molecular flexibility index (Phi) is 9.89. The van der Waals surface area contributed by atoms with Gasteiger partial charge >= 0.3 is 0 Å². The molecule has 0 N–H and O–H groups in total. The molecule has 0 aromatic carbocycles. The Morgan fingerprint density at radius 3 is 1.84 bits per heavy atom. The Balaban J connectivity index is 1.78. The number of rotatable bonds is 14. The number of hydrogen-bond acceptors (Lipinski definition) is 0. The van der Waals surface area contributed by atoms with Crippen LogP contribution in [0.2, 0.25) is 0 Å². The first-order valence-electron chi connectivity index (χ1n) is 12.1. The van der Waals surface area contributed by atoms with E-state index in [1.165, 1.54) is 88.4 Å². The third-order valence-corrected chi connectivity index (χ3v) is 7.54. The van der Waals surface area contributed by atoms with Gasteiger partial charge in [-0.25, -0.2) is 0 Å². The second kappa shape index (κ2) is 11.6. The summed E-state index contributed by atoms with van der Waals surface area (Å²) >= 11 is 0. The second-order valence-electron chi connectivity index (χ2n) is 9.58. The molecule has 3 unspecified atom stereocenters. The Labute approximate surface area is 159 Å². The average molecular weight is 351 g/mol. The van der Waals surface area contributed by atoms with E-state index in [1.54, 1.807) is 32.1 Å². The SMILES string of the molecule is CCCC[N+](CCCC)(CCCC)CCCCC1CC2CCCC1C2. The minimum Gasteiger partial charge on any atom is -0.324 e. The van der Waals surface area contributed by atoms with Crippen LogP contribution in [0.3, 0.4) is 0 Å². The van der Waals surface area contributed by atoms with Crippen molar-refractivity contribution in [2.45, 2.75) is 111 Å². The van der Waals surface area contributed by atoms with Gasteiger partial charge in [0, 0.05) is 0 Å². The van der Waals surface area contributed by atoms with Crippen LogP contribution in [-0.2, 0) is 0 Å². The molecular weight excluding hydrogens is 302 g/mol. The van der Waals surface area contributed by atoms with Crippen LogP contribution in [-0.4, -0.2) is 30.7 Å². The lowest BCUT2D eigenvalue weighted by molar-refractivity contribution is -0.929. The summed E-state index contributed by atoms with van der Waals surface area (Å²) in [6.45, 7) is 12.9. The van der Waals surface area contributed by atoms with Gasteiger partial charge in [0.05, 0.1) is 26.2 Å². The fraction of sp³-hybridized carbons (Fsp3) is 1.00. The zero-order chi connectivity index (χ0) is 18.0. The van der Waals surface area contributed by atoms with Crippen LogP contribution in [0.25, 0.3) is 0 Å². The first kappa shape index (κ1) is 21.3. The molecule has 0 aromatic rings.